The minimum atomic E-state index is 0.610. The lowest BCUT2D eigenvalue weighted by Gasteiger charge is -2.15. The molecule has 290 valence electrons. The molecule has 9 aromatic carbocycles. The first-order valence-corrected chi connectivity index (χ1v) is 21.7. The van der Waals surface area contributed by atoms with Crippen LogP contribution in [-0.2, 0) is 0 Å². The zero-order chi connectivity index (χ0) is 41.0. The van der Waals surface area contributed by atoms with Gasteiger partial charge in [0.2, 0.25) is 0 Å². The summed E-state index contributed by atoms with van der Waals surface area (Å²) in [5, 5.41) is 4.93. The minimum absolute atomic E-state index is 0.610. The van der Waals surface area contributed by atoms with E-state index >= 15 is 0 Å². The Morgan fingerprint density at radius 2 is 0.806 bits per heavy atom. The topological polar surface area (TPSA) is 43.6 Å². The van der Waals surface area contributed by atoms with Gasteiger partial charge in [0.1, 0.15) is 0 Å². The second-order valence-corrected chi connectivity index (χ2v) is 16.6. The van der Waals surface area contributed by atoms with Crippen LogP contribution in [0, 0.1) is 0 Å². The van der Waals surface area contributed by atoms with Crippen LogP contribution in [0.15, 0.2) is 218 Å². The quantitative estimate of drug-likeness (QED) is 0.161. The van der Waals surface area contributed by atoms with E-state index in [1.165, 1.54) is 47.6 Å². The van der Waals surface area contributed by atoms with Crippen LogP contribution in [0.3, 0.4) is 0 Å². The first kappa shape index (κ1) is 35.9. The van der Waals surface area contributed by atoms with Gasteiger partial charge in [0.05, 0.1) is 21.4 Å². The van der Waals surface area contributed by atoms with E-state index in [0.29, 0.717) is 17.5 Å². The molecule has 0 bridgehead atoms. The van der Waals surface area contributed by atoms with E-state index in [1.807, 2.05) is 23.5 Å². The van der Waals surface area contributed by atoms with Gasteiger partial charge >= 0.3 is 0 Å². The Balaban J connectivity index is 1.09. The van der Waals surface area contributed by atoms with Gasteiger partial charge < -0.3 is 4.57 Å². The molecule has 62 heavy (non-hydrogen) atoms. The molecule has 3 aromatic heterocycles. The number of para-hydroxylation sites is 2. The van der Waals surface area contributed by atoms with Gasteiger partial charge in [-0.05, 0) is 57.6 Å². The third-order valence-electron chi connectivity index (χ3n) is 11.9. The maximum atomic E-state index is 5.34. The number of thiophene rings is 1. The van der Waals surface area contributed by atoms with Crippen LogP contribution in [0.2, 0.25) is 0 Å². The Bertz CT molecular complexity index is 3610. The van der Waals surface area contributed by atoms with E-state index < -0.39 is 0 Å². The largest absolute Gasteiger partial charge is 0.307 e. The molecule has 0 N–H and O–H groups in total. The minimum Gasteiger partial charge on any atom is -0.307 e. The van der Waals surface area contributed by atoms with Gasteiger partial charge in [-0.1, -0.05) is 194 Å². The highest BCUT2D eigenvalue weighted by atomic mass is 32.1. The third kappa shape index (κ3) is 6.09. The number of fused-ring (bicyclic) bond motifs is 7. The molecule has 12 rings (SSSR count). The zero-order valence-electron chi connectivity index (χ0n) is 33.5. The van der Waals surface area contributed by atoms with Crippen LogP contribution in [0.1, 0.15) is 0 Å². The summed E-state index contributed by atoms with van der Waals surface area (Å²) in [7, 11) is 0. The fourth-order valence-electron chi connectivity index (χ4n) is 8.92. The molecule has 3 heterocycles. The fraction of sp³-hybridized carbons (Fsp3) is 0. The van der Waals surface area contributed by atoms with Crippen LogP contribution >= 0.6 is 11.3 Å². The molecule has 0 saturated carbocycles. The van der Waals surface area contributed by atoms with Crippen LogP contribution in [0.5, 0.6) is 0 Å². The van der Waals surface area contributed by atoms with Gasteiger partial charge in [-0.15, -0.1) is 11.3 Å². The summed E-state index contributed by atoms with van der Waals surface area (Å²) in [6.45, 7) is 0. The summed E-state index contributed by atoms with van der Waals surface area (Å²) in [4.78, 5) is 15.9. The Hall–Kier alpha value is -7.99. The SMILES string of the molecule is c1ccc(-c2ccc(-c3nc(-c4cccc(-c5ccccc5)c4)nc(-c4ccccc4-n4c5ccccc5c5ccc6c7cccc(-c8ccccc8)c7sc6c54)n3)cc2)cc1. The number of benzene rings is 9. The average molecular weight is 809 g/mol. The predicted octanol–water partition coefficient (Wildman–Crippen LogP) is 15.3. The molecule has 0 aliphatic rings. The van der Waals surface area contributed by atoms with Gasteiger partial charge in [-0.2, -0.15) is 0 Å². The summed E-state index contributed by atoms with van der Waals surface area (Å²) < 4.78 is 4.97. The molecule has 0 spiro atoms. The van der Waals surface area contributed by atoms with Crippen molar-refractivity contribution in [2.45, 2.75) is 0 Å². The van der Waals surface area contributed by atoms with Crippen molar-refractivity contribution in [3.05, 3.63) is 218 Å². The second kappa shape index (κ2) is 14.9. The number of rotatable bonds is 7. The monoisotopic (exact) mass is 808 g/mol. The number of aromatic nitrogens is 4. The molecule has 0 atom stereocenters. The molecule has 5 heteroatoms. The van der Waals surface area contributed by atoms with Gasteiger partial charge in [-0.3, -0.25) is 0 Å². The summed E-state index contributed by atoms with van der Waals surface area (Å²) in [6, 6.07) is 77.3. The summed E-state index contributed by atoms with van der Waals surface area (Å²) in [5.41, 5.74) is 13.1. The van der Waals surface area contributed by atoms with Crippen LogP contribution in [0.4, 0.5) is 0 Å². The van der Waals surface area contributed by atoms with Gasteiger partial charge in [0.25, 0.3) is 0 Å². The van der Waals surface area contributed by atoms with Gasteiger partial charge in [0, 0.05) is 42.9 Å². The maximum Gasteiger partial charge on any atom is 0.166 e. The number of nitrogens with zero attached hydrogens (tertiary/aromatic N) is 4. The lowest BCUT2D eigenvalue weighted by atomic mass is 10.0. The highest BCUT2D eigenvalue weighted by Gasteiger charge is 2.22. The van der Waals surface area contributed by atoms with E-state index in [4.69, 9.17) is 15.0 Å². The average Bonchev–Trinajstić information content (AvgIpc) is 3.91. The molecule has 0 aliphatic heterocycles. The maximum absolute atomic E-state index is 5.34. The molecule has 12 aromatic rings. The smallest absolute Gasteiger partial charge is 0.166 e. The molecule has 0 amide bonds. The lowest BCUT2D eigenvalue weighted by molar-refractivity contribution is 1.06. The molecule has 0 aliphatic carbocycles. The van der Waals surface area contributed by atoms with Crippen molar-refractivity contribution in [3.8, 4) is 73.2 Å². The van der Waals surface area contributed by atoms with Gasteiger partial charge in [0.15, 0.2) is 17.5 Å². The van der Waals surface area contributed by atoms with Crippen molar-refractivity contribution in [2.24, 2.45) is 0 Å². The van der Waals surface area contributed by atoms with E-state index in [0.717, 1.165) is 50.1 Å². The van der Waals surface area contributed by atoms with Crippen molar-refractivity contribution in [2.75, 3.05) is 0 Å². The second-order valence-electron chi connectivity index (χ2n) is 15.6. The Morgan fingerprint density at radius 1 is 0.306 bits per heavy atom. The van der Waals surface area contributed by atoms with Crippen LogP contribution in [0.25, 0.3) is 115 Å². The Kier molecular flexibility index (Phi) is 8.65. The zero-order valence-corrected chi connectivity index (χ0v) is 34.3. The predicted molar refractivity (Wildman–Crippen MR) is 260 cm³/mol. The molecule has 4 nitrogen and oxygen atoms in total. The normalized spacial score (nSPS) is 11.5. The number of hydrogen-bond donors (Lipinski definition) is 0. The summed E-state index contributed by atoms with van der Waals surface area (Å²) >= 11 is 1.87. The van der Waals surface area contributed by atoms with Gasteiger partial charge in [-0.25, -0.2) is 15.0 Å². The van der Waals surface area contributed by atoms with E-state index in [-0.39, 0.29) is 0 Å². The number of hydrogen-bond acceptors (Lipinski definition) is 4. The van der Waals surface area contributed by atoms with Crippen LogP contribution < -0.4 is 0 Å². The van der Waals surface area contributed by atoms with Crippen molar-refractivity contribution in [1.82, 2.24) is 19.5 Å². The van der Waals surface area contributed by atoms with E-state index in [2.05, 4.69) is 211 Å². The van der Waals surface area contributed by atoms with Crippen LogP contribution in [-0.4, -0.2) is 19.5 Å². The molecule has 0 fully saturated rings. The Labute approximate surface area is 362 Å². The molecule has 0 saturated heterocycles. The van der Waals surface area contributed by atoms with Crippen molar-refractivity contribution >= 4 is 53.3 Å². The van der Waals surface area contributed by atoms with E-state index in [1.54, 1.807) is 0 Å². The van der Waals surface area contributed by atoms with Crippen molar-refractivity contribution in [3.63, 3.8) is 0 Å². The molecular weight excluding hydrogens is 773 g/mol. The first-order chi connectivity index (χ1) is 30.7. The lowest BCUT2D eigenvalue weighted by Crippen LogP contribution is -2.03. The molecule has 0 unspecified atom stereocenters. The molecule has 0 radical (unpaired) electrons. The van der Waals surface area contributed by atoms with Crippen molar-refractivity contribution in [1.29, 1.82) is 0 Å². The highest BCUT2D eigenvalue weighted by molar-refractivity contribution is 7.27. The summed E-state index contributed by atoms with van der Waals surface area (Å²) in [6.07, 6.45) is 0. The van der Waals surface area contributed by atoms with E-state index in [9.17, 15) is 0 Å². The fourth-order valence-corrected chi connectivity index (χ4v) is 10.3. The Morgan fingerprint density at radius 3 is 1.58 bits per heavy atom. The van der Waals surface area contributed by atoms with Crippen molar-refractivity contribution < 1.29 is 0 Å². The molecular formula is C57H36N4S. The standard InChI is InChI=1S/C57H36N4S/c1-4-16-37(17-5-1)39-30-32-41(33-31-39)55-58-56(43-23-14-22-42(36-43)38-18-6-2-7-19-38)60-57(59-55)49-25-11-13-29-51(49)61-50-28-12-10-24-45(50)46-34-35-48-47-27-15-26-44(40-20-8-3-9-21-40)53(47)62-54(48)52(46)61/h1-36H. The summed E-state index contributed by atoms with van der Waals surface area (Å²) in [5.74, 6) is 1.85. The third-order valence-corrected chi connectivity index (χ3v) is 13.1. The first-order valence-electron chi connectivity index (χ1n) is 20.9. The highest BCUT2D eigenvalue weighted by Crippen LogP contribution is 2.46.